The Bertz CT molecular complexity index is 1120. The van der Waals surface area contributed by atoms with E-state index in [0.29, 0.717) is 49.1 Å². The second-order valence-electron chi connectivity index (χ2n) is 8.77. The third-order valence-corrected chi connectivity index (χ3v) is 6.39. The van der Waals surface area contributed by atoms with Gasteiger partial charge in [0.15, 0.2) is 5.82 Å². The van der Waals surface area contributed by atoms with Crippen LogP contribution in [0.3, 0.4) is 0 Å². The molecule has 1 amide bonds. The quantitative estimate of drug-likeness (QED) is 0.614. The van der Waals surface area contributed by atoms with Gasteiger partial charge in [0.2, 0.25) is 11.9 Å². The molecule has 0 atom stereocenters. The summed E-state index contributed by atoms with van der Waals surface area (Å²) in [5, 5.41) is 6.81. The zero-order chi connectivity index (χ0) is 22.6. The Morgan fingerprint density at radius 1 is 1.09 bits per heavy atom. The highest BCUT2D eigenvalue weighted by molar-refractivity contribution is 5.87. The highest BCUT2D eigenvalue weighted by Gasteiger charge is 2.30. The molecule has 5 rings (SSSR count). The van der Waals surface area contributed by atoms with Crippen LogP contribution in [0.5, 0.6) is 0 Å². The largest absolute Gasteiger partial charge is 0.378 e. The molecule has 2 aromatic heterocycles. The van der Waals surface area contributed by atoms with Gasteiger partial charge in [0.25, 0.3) is 0 Å². The first-order valence-electron chi connectivity index (χ1n) is 11.6. The molecule has 0 spiro atoms. The van der Waals surface area contributed by atoms with Gasteiger partial charge in [0.1, 0.15) is 17.4 Å². The highest BCUT2D eigenvalue weighted by Crippen LogP contribution is 2.29. The molecule has 2 fully saturated rings. The molecule has 2 aliphatic rings. The van der Waals surface area contributed by atoms with E-state index in [9.17, 15) is 4.79 Å². The number of aryl methyl sites for hydroxylation is 1. The van der Waals surface area contributed by atoms with Crippen LogP contribution < -0.4 is 10.6 Å². The van der Waals surface area contributed by atoms with Gasteiger partial charge < -0.3 is 20.3 Å². The van der Waals surface area contributed by atoms with Gasteiger partial charge in [-0.25, -0.2) is 19.9 Å². The van der Waals surface area contributed by atoms with E-state index >= 15 is 0 Å². The fraction of sp³-hybridized carbons (Fsp3) is 0.458. The Morgan fingerprint density at radius 2 is 1.91 bits per heavy atom. The van der Waals surface area contributed by atoms with Crippen molar-refractivity contribution in [2.24, 2.45) is 5.92 Å². The number of hydrogen-bond acceptors (Lipinski definition) is 8. The van der Waals surface area contributed by atoms with Crippen molar-refractivity contribution in [3.8, 4) is 0 Å². The third kappa shape index (κ3) is 5.03. The summed E-state index contributed by atoms with van der Waals surface area (Å²) < 4.78 is 5.37. The summed E-state index contributed by atoms with van der Waals surface area (Å²) in [5.41, 5.74) is 3.47. The normalized spacial score (nSPS) is 21.1. The van der Waals surface area contributed by atoms with Crippen molar-refractivity contribution < 1.29 is 9.53 Å². The predicted octanol–water partition coefficient (Wildman–Crippen LogP) is 3.30. The van der Waals surface area contributed by atoms with Gasteiger partial charge in [-0.3, -0.25) is 4.79 Å². The fourth-order valence-corrected chi connectivity index (χ4v) is 4.58. The fourth-order valence-electron chi connectivity index (χ4n) is 4.58. The molecule has 0 unspecified atom stereocenters. The minimum atomic E-state index is 0.109. The molecule has 1 aliphatic carbocycles. The smallest absolute Gasteiger partial charge is 0.225 e. The lowest BCUT2D eigenvalue weighted by Gasteiger charge is -2.34. The van der Waals surface area contributed by atoms with E-state index in [-0.39, 0.29) is 17.9 Å². The Hall–Kier alpha value is -3.33. The Morgan fingerprint density at radius 3 is 2.70 bits per heavy atom. The number of anilines is 3. The Balaban J connectivity index is 1.24. The molecule has 3 aromatic rings. The van der Waals surface area contributed by atoms with Crippen LogP contribution in [0, 0.1) is 12.8 Å². The number of hydrogen-bond donors (Lipinski definition) is 2. The number of morpholine rings is 1. The molecule has 1 aromatic carbocycles. The molecule has 9 nitrogen and oxygen atoms in total. The van der Waals surface area contributed by atoms with E-state index in [0.717, 1.165) is 36.9 Å². The molecule has 0 radical (unpaired) electrons. The zero-order valence-corrected chi connectivity index (χ0v) is 18.8. The summed E-state index contributed by atoms with van der Waals surface area (Å²) in [6, 6.07) is 8.36. The molecule has 172 valence electrons. The number of benzene rings is 1. The molecule has 1 saturated carbocycles. The summed E-state index contributed by atoms with van der Waals surface area (Å²) in [5.74, 6) is 1.60. The van der Waals surface area contributed by atoms with E-state index in [4.69, 9.17) is 9.72 Å². The summed E-state index contributed by atoms with van der Waals surface area (Å²) >= 11 is 0. The third-order valence-electron chi connectivity index (χ3n) is 6.39. The van der Waals surface area contributed by atoms with Crippen LogP contribution in [0.15, 0.2) is 36.8 Å². The van der Waals surface area contributed by atoms with Crippen LogP contribution in [-0.4, -0.2) is 63.1 Å². The van der Waals surface area contributed by atoms with E-state index in [2.05, 4.69) is 44.6 Å². The molecule has 0 bridgehead atoms. The summed E-state index contributed by atoms with van der Waals surface area (Å²) in [6.45, 7) is 4.77. The van der Waals surface area contributed by atoms with Crippen molar-refractivity contribution >= 4 is 34.4 Å². The van der Waals surface area contributed by atoms with E-state index in [1.165, 1.54) is 6.33 Å². The maximum atomic E-state index is 12.8. The monoisotopic (exact) mass is 447 g/mol. The first kappa shape index (κ1) is 21.5. The van der Waals surface area contributed by atoms with Gasteiger partial charge in [-0.15, -0.1) is 0 Å². The van der Waals surface area contributed by atoms with Crippen molar-refractivity contribution in [1.29, 1.82) is 0 Å². The second-order valence-corrected chi connectivity index (χ2v) is 8.77. The predicted molar refractivity (Wildman–Crippen MR) is 126 cm³/mol. The van der Waals surface area contributed by atoms with Crippen molar-refractivity contribution in [1.82, 2.24) is 24.8 Å². The Kier molecular flexibility index (Phi) is 6.30. The molecular formula is C24H29N7O2. The number of carbonyl (C=O) groups is 1. The van der Waals surface area contributed by atoms with E-state index < -0.39 is 0 Å². The van der Waals surface area contributed by atoms with Crippen molar-refractivity contribution in [3.63, 3.8) is 0 Å². The second kappa shape index (κ2) is 9.66. The highest BCUT2D eigenvalue weighted by atomic mass is 16.5. The SMILES string of the molecule is Cc1cccc(Nc2ncnc3cnc(N[C@H]4CC[C@H](C(=O)N5CCOCC5)CC4)nc23)c1. The van der Waals surface area contributed by atoms with Gasteiger partial charge in [0, 0.05) is 30.7 Å². The number of fused-ring (bicyclic) bond motifs is 1. The van der Waals surface area contributed by atoms with Crippen LogP contribution in [0.2, 0.25) is 0 Å². The molecule has 9 heteroatoms. The van der Waals surface area contributed by atoms with Gasteiger partial charge in [-0.05, 0) is 50.3 Å². The van der Waals surface area contributed by atoms with Crippen molar-refractivity contribution in [2.75, 3.05) is 36.9 Å². The lowest BCUT2D eigenvalue weighted by molar-refractivity contribution is -0.140. The lowest BCUT2D eigenvalue weighted by atomic mass is 9.85. The average Bonchev–Trinajstić information content (AvgIpc) is 2.85. The van der Waals surface area contributed by atoms with Crippen LogP contribution in [0.25, 0.3) is 11.0 Å². The number of aromatic nitrogens is 4. The van der Waals surface area contributed by atoms with Gasteiger partial charge in [0.05, 0.1) is 19.4 Å². The maximum Gasteiger partial charge on any atom is 0.225 e. The van der Waals surface area contributed by atoms with E-state index in [1.807, 2.05) is 17.0 Å². The Labute approximate surface area is 193 Å². The van der Waals surface area contributed by atoms with Crippen LogP contribution in [-0.2, 0) is 9.53 Å². The summed E-state index contributed by atoms with van der Waals surface area (Å²) in [6.07, 6.45) is 6.84. The first-order chi connectivity index (χ1) is 16.2. The van der Waals surface area contributed by atoms with Crippen LogP contribution in [0.4, 0.5) is 17.5 Å². The summed E-state index contributed by atoms with van der Waals surface area (Å²) in [7, 11) is 0. The minimum Gasteiger partial charge on any atom is -0.378 e. The topological polar surface area (TPSA) is 105 Å². The van der Waals surface area contributed by atoms with Crippen molar-refractivity contribution in [3.05, 3.63) is 42.4 Å². The zero-order valence-electron chi connectivity index (χ0n) is 18.8. The molecule has 1 aliphatic heterocycles. The molecule has 33 heavy (non-hydrogen) atoms. The molecular weight excluding hydrogens is 418 g/mol. The lowest BCUT2D eigenvalue weighted by Crippen LogP contribution is -2.45. The number of nitrogens with one attached hydrogen (secondary N) is 2. The summed E-state index contributed by atoms with van der Waals surface area (Å²) in [4.78, 5) is 32.6. The number of nitrogens with zero attached hydrogens (tertiary/aromatic N) is 5. The number of ether oxygens (including phenoxy) is 1. The molecule has 2 N–H and O–H groups in total. The molecule has 3 heterocycles. The van der Waals surface area contributed by atoms with E-state index in [1.54, 1.807) is 6.20 Å². The van der Waals surface area contributed by atoms with Gasteiger partial charge in [-0.2, -0.15) is 0 Å². The first-order valence-corrected chi connectivity index (χ1v) is 11.6. The number of amides is 1. The van der Waals surface area contributed by atoms with Crippen LogP contribution >= 0.6 is 0 Å². The number of rotatable bonds is 5. The van der Waals surface area contributed by atoms with Crippen LogP contribution in [0.1, 0.15) is 31.2 Å². The maximum absolute atomic E-state index is 12.8. The minimum absolute atomic E-state index is 0.109. The van der Waals surface area contributed by atoms with Gasteiger partial charge in [-0.1, -0.05) is 12.1 Å². The van der Waals surface area contributed by atoms with Gasteiger partial charge >= 0.3 is 0 Å². The average molecular weight is 448 g/mol. The molecule has 1 saturated heterocycles. The standard InChI is InChI=1S/C24H29N7O2/c1-16-3-2-4-19(13-16)28-22-21-20(26-15-27-22)14-25-24(30-21)29-18-7-5-17(6-8-18)23(32)31-9-11-33-12-10-31/h2-4,13-15,17-18H,5-12H2,1H3,(H,25,29,30)(H,26,27,28)/t17-,18-. The van der Waals surface area contributed by atoms with Crippen molar-refractivity contribution in [2.45, 2.75) is 38.6 Å². The number of carbonyl (C=O) groups excluding carboxylic acids is 1.